The number of hydrogen-bond acceptors (Lipinski definition) is 3. The minimum Gasteiger partial charge on any atom is -0.466 e. The Bertz CT molecular complexity index is 1090. The molecule has 1 aliphatic rings. The van der Waals surface area contributed by atoms with Crippen LogP contribution in [0.15, 0.2) is 90.5 Å². The molecule has 4 heteroatoms. The van der Waals surface area contributed by atoms with Crippen molar-refractivity contribution in [2.45, 2.75) is 44.8 Å². The molecule has 3 aromatic rings. The monoisotopic (exact) mass is 456 g/mol. The normalized spacial score (nSPS) is 16.4. The van der Waals surface area contributed by atoms with Crippen molar-refractivity contribution < 1.29 is 14.0 Å². The van der Waals surface area contributed by atoms with Gasteiger partial charge in [0.05, 0.1) is 13.2 Å². The molecule has 0 saturated carbocycles. The van der Waals surface area contributed by atoms with Crippen LogP contribution in [0.2, 0.25) is 5.04 Å². The third-order valence-electron chi connectivity index (χ3n) is 6.53. The van der Waals surface area contributed by atoms with Gasteiger partial charge >= 0.3 is 5.97 Å². The van der Waals surface area contributed by atoms with Gasteiger partial charge in [0.2, 0.25) is 0 Å². The van der Waals surface area contributed by atoms with E-state index >= 15 is 0 Å². The van der Waals surface area contributed by atoms with Gasteiger partial charge in [-0.1, -0.05) is 106 Å². The molecule has 1 unspecified atom stereocenters. The van der Waals surface area contributed by atoms with Gasteiger partial charge in [-0.2, -0.15) is 0 Å². The second-order valence-electron chi connectivity index (χ2n) is 9.60. The van der Waals surface area contributed by atoms with Crippen LogP contribution in [-0.4, -0.2) is 21.4 Å². The maximum Gasteiger partial charge on any atom is 0.333 e. The van der Waals surface area contributed by atoms with Gasteiger partial charge in [0.15, 0.2) is 0 Å². The molecule has 0 aliphatic heterocycles. The number of ether oxygens (including phenoxy) is 1. The molecule has 3 nitrogen and oxygen atoms in total. The summed E-state index contributed by atoms with van der Waals surface area (Å²) in [6.07, 6.45) is 3.17. The van der Waals surface area contributed by atoms with E-state index in [1.165, 1.54) is 17.5 Å². The summed E-state index contributed by atoms with van der Waals surface area (Å²) in [5, 5.41) is 2.40. The third-order valence-corrected chi connectivity index (χ3v) is 11.6. The van der Waals surface area contributed by atoms with Crippen LogP contribution in [0.1, 0.15) is 50.8 Å². The number of hydrogen-bond donors (Lipinski definition) is 0. The lowest BCUT2D eigenvalue weighted by Gasteiger charge is -2.45. The molecule has 0 spiro atoms. The van der Waals surface area contributed by atoms with Gasteiger partial charge in [-0.3, -0.25) is 0 Å². The molecule has 3 aromatic carbocycles. The first-order valence-corrected chi connectivity index (χ1v) is 13.4. The van der Waals surface area contributed by atoms with Gasteiger partial charge in [0.25, 0.3) is 8.32 Å². The van der Waals surface area contributed by atoms with Crippen molar-refractivity contribution >= 4 is 30.7 Å². The number of carbonyl (C=O) groups excluding carboxylic acids is 1. The molecule has 33 heavy (non-hydrogen) atoms. The summed E-state index contributed by atoms with van der Waals surface area (Å²) in [6.45, 7) is 6.87. The van der Waals surface area contributed by atoms with Crippen LogP contribution in [-0.2, 0) is 14.0 Å². The van der Waals surface area contributed by atoms with E-state index in [0.717, 1.165) is 17.5 Å². The van der Waals surface area contributed by atoms with Crippen molar-refractivity contribution in [2.24, 2.45) is 0 Å². The minimum atomic E-state index is -2.72. The fourth-order valence-corrected chi connectivity index (χ4v) is 9.64. The predicted molar refractivity (Wildman–Crippen MR) is 137 cm³/mol. The largest absolute Gasteiger partial charge is 0.466 e. The lowest BCUT2D eigenvalue weighted by Crippen LogP contribution is -2.66. The highest BCUT2D eigenvalue weighted by Crippen LogP contribution is 2.43. The zero-order valence-electron chi connectivity index (χ0n) is 19.9. The van der Waals surface area contributed by atoms with Crippen LogP contribution in [0, 0.1) is 0 Å². The summed E-state index contributed by atoms with van der Waals surface area (Å²) < 4.78 is 12.5. The molecule has 0 fully saturated rings. The zero-order valence-corrected chi connectivity index (χ0v) is 20.9. The van der Waals surface area contributed by atoms with E-state index < -0.39 is 8.32 Å². The quantitative estimate of drug-likeness (QED) is 0.367. The molecule has 0 bridgehead atoms. The Morgan fingerprint density at radius 3 is 1.94 bits per heavy atom. The number of fused-ring (bicyclic) bond motifs is 1. The molecular formula is C29H32O3Si. The van der Waals surface area contributed by atoms with Crippen molar-refractivity contribution in [3.8, 4) is 0 Å². The van der Waals surface area contributed by atoms with Crippen molar-refractivity contribution in [1.82, 2.24) is 0 Å². The van der Waals surface area contributed by atoms with Crippen LogP contribution in [0.3, 0.4) is 0 Å². The molecule has 0 aromatic heterocycles. The van der Waals surface area contributed by atoms with Gasteiger partial charge in [0.1, 0.15) is 0 Å². The summed E-state index contributed by atoms with van der Waals surface area (Å²) in [5.41, 5.74) is 2.85. The third kappa shape index (κ3) is 4.46. The van der Waals surface area contributed by atoms with Gasteiger partial charge in [-0.25, -0.2) is 4.79 Å². The Labute approximate surface area is 198 Å². The highest BCUT2D eigenvalue weighted by Gasteiger charge is 2.51. The lowest BCUT2D eigenvalue weighted by molar-refractivity contribution is -0.136. The molecule has 0 saturated heterocycles. The molecule has 0 amide bonds. The smallest absolute Gasteiger partial charge is 0.333 e. The number of benzene rings is 3. The molecule has 0 heterocycles. The molecule has 1 atom stereocenters. The summed E-state index contributed by atoms with van der Waals surface area (Å²) in [7, 11) is -1.28. The van der Waals surface area contributed by atoms with Crippen LogP contribution < -0.4 is 10.4 Å². The molecular weight excluding hydrogens is 424 g/mol. The van der Waals surface area contributed by atoms with Gasteiger partial charge in [-0.05, 0) is 45.5 Å². The van der Waals surface area contributed by atoms with Crippen molar-refractivity contribution in [3.63, 3.8) is 0 Å². The Morgan fingerprint density at radius 1 is 0.848 bits per heavy atom. The molecule has 170 valence electrons. The minimum absolute atomic E-state index is 0.116. The summed E-state index contributed by atoms with van der Waals surface area (Å²) in [6, 6.07) is 29.6. The maximum absolute atomic E-state index is 12.4. The van der Waals surface area contributed by atoms with Crippen molar-refractivity contribution in [3.05, 3.63) is 102 Å². The first kappa shape index (κ1) is 23.2. The second-order valence-corrected chi connectivity index (χ2v) is 13.9. The summed E-state index contributed by atoms with van der Waals surface area (Å²) in [5.74, 6) is -0.268. The highest BCUT2D eigenvalue weighted by molar-refractivity contribution is 6.99. The van der Waals surface area contributed by atoms with Crippen LogP contribution in [0.5, 0.6) is 0 Å². The average molecular weight is 457 g/mol. The van der Waals surface area contributed by atoms with Crippen LogP contribution in [0.4, 0.5) is 0 Å². The van der Waals surface area contributed by atoms with Crippen molar-refractivity contribution in [2.75, 3.05) is 7.11 Å². The molecule has 0 N–H and O–H groups in total. The Kier molecular flexibility index (Phi) is 6.68. The van der Waals surface area contributed by atoms with E-state index in [0.29, 0.717) is 12.0 Å². The van der Waals surface area contributed by atoms with E-state index in [1.54, 1.807) is 0 Å². The molecule has 0 radical (unpaired) electrons. The number of carbonyl (C=O) groups is 1. The van der Waals surface area contributed by atoms with Gasteiger partial charge in [-0.15, -0.1) is 0 Å². The average Bonchev–Trinajstić information content (AvgIpc) is 3.02. The Balaban J connectivity index is 1.87. The Morgan fingerprint density at radius 2 is 1.39 bits per heavy atom. The number of methoxy groups -OCH3 is 1. The molecule has 1 aliphatic carbocycles. The van der Waals surface area contributed by atoms with E-state index in [9.17, 15) is 4.79 Å². The van der Waals surface area contributed by atoms with Gasteiger partial charge in [0, 0.05) is 5.57 Å². The van der Waals surface area contributed by atoms with Gasteiger partial charge < -0.3 is 9.16 Å². The summed E-state index contributed by atoms with van der Waals surface area (Å²) in [4.78, 5) is 12.4. The van der Waals surface area contributed by atoms with E-state index in [-0.39, 0.29) is 17.1 Å². The van der Waals surface area contributed by atoms with Crippen molar-refractivity contribution in [1.29, 1.82) is 0 Å². The van der Waals surface area contributed by atoms with E-state index in [2.05, 4.69) is 99.6 Å². The predicted octanol–water partition coefficient (Wildman–Crippen LogP) is 5.65. The summed E-state index contributed by atoms with van der Waals surface area (Å²) >= 11 is 0. The standard InChI is InChI=1S/C29H32O3Si/c1-29(2,3)33(24-14-7-5-8-15-24,25-16-9-6-10-17-25)32-27-20-19-23(28(30)31-4)21-22-13-11-12-18-26(22)27/h5-18,21,27H,19-20H2,1-4H3. The number of rotatable bonds is 5. The van der Waals surface area contributed by atoms with E-state index in [1.807, 2.05) is 12.1 Å². The first-order chi connectivity index (χ1) is 15.9. The topological polar surface area (TPSA) is 35.5 Å². The fraction of sp³-hybridized carbons (Fsp3) is 0.276. The van der Waals surface area contributed by atoms with E-state index in [4.69, 9.17) is 9.16 Å². The number of esters is 1. The van der Waals surface area contributed by atoms with Crippen LogP contribution in [0.25, 0.3) is 6.08 Å². The first-order valence-electron chi connectivity index (χ1n) is 11.5. The maximum atomic E-state index is 12.4. The lowest BCUT2D eigenvalue weighted by atomic mass is 10.0. The zero-order chi connectivity index (χ0) is 23.5. The highest BCUT2D eigenvalue weighted by atomic mass is 28.4. The second kappa shape index (κ2) is 9.50. The Hall–Kier alpha value is -2.95. The molecule has 4 rings (SSSR count). The van der Waals surface area contributed by atoms with Crippen LogP contribution >= 0.6 is 0 Å². The SMILES string of the molecule is COC(=O)C1=Cc2ccccc2C(O[Si](c2ccccc2)(c2ccccc2)C(C)(C)C)CC1. The fourth-order valence-electron chi connectivity index (χ4n) is 4.96.